The Morgan fingerprint density at radius 1 is 0.873 bits per heavy atom. The number of amides is 5. The third-order valence-corrected chi connectivity index (χ3v) is 12.6. The quantitative estimate of drug-likeness (QED) is 0.0414. The van der Waals surface area contributed by atoms with Gasteiger partial charge in [-0.3, -0.25) is 24.2 Å². The van der Waals surface area contributed by atoms with Gasteiger partial charge in [0.25, 0.3) is 5.92 Å². The molecular formula is C50H59F2N9O10. The van der Waals surface area contributed by atoms with Gasteiger partial charge in [0.2, 0.25) is 23.6 Å². The second-order valence-electron chi connectivity index (χ2n) is 17.5. The summed E-state index contributed by atoms with van der Waals surface area (Å²) < 4.78 is 55.5. The van der Waals surface area contributed by atoms with Crippen molar-refractivity contribution in [2.24, 2.45) is 21.9 Å². The Labute approximate surface area is 410 Å². The van der Waals surface area contributed by atoms with E-state index in [-0.39, 0.29) is 69.8 Å². The molecule has 0 unspecified atom stereocenters. The van der Waals surface area contributed by atoms with Crippen molar-refractivity contribution in [1.82, 2.24) is 25.8 Å². The molecule has 3 aromatic carbocycles. The summed E-state index contributed by atoms with van der Waals surface area (Å²) in [6.45, 7) is 3.12. The molecule has 3 aliphatic heterocycles. The van der Waals surface area contributed by atoms with Gasteiger partial charge in [0.1, 0.15) is 18.7 Å². The summed E-state index contributed by atoms with van der Waals surface area (Å²) in [5.41, 5.74) is 7.69. The van der Waals surface area contributed by atoms with E-state index < -0.39 is 54.8 Å². The van der Waals surface area contributed by atoms with Gasteiger partial charge in [0.15, 0.2) is 0 Å². The molecule has 2 fully saturated rings. The van der Waals surface area contributed by atoms with Crippen LogP contribution < -0.4 is 21.8 Å². The average Bonchev–Trinajstić information content (AvgIpc) is 4.14. The summed E-state index contributed by atoms with van der Waals surface area (Å²) in [7, 11) is 0. The van der Waals surface area contributed by atoms with E-state index in [4.69, 9.17) is 29.5 Å². The topological polar surface area (TPSA) is 249 Å². The number of nitrogens with zero attached hydrogens (tertiary/aromatic N) is 5. The van der Waals surface area contributed by atoms with Crippen LogP contribution in [0.1, 0.15) is 59.4 Å². The van der Waals surface area contributed by atoms with E-state index in [2.05, 4.69) is 50.3 Å². The highest BCUT2D eigenvalue weighted by atomic mass is 19.3. The van der Waals surface area contributed by atoms with Crippen LogP contribution >= 0.6 is 0 Å². The number of carbonyl (C=O) groups excluding carboxylic acids is 5. The Bertz CT molecular complexity index is 2440. The smallest absolute Gasteiger partial charge is 0.407 e. The Balaban J connectivity index is 0.676. The highest BCUT2D eigenvalue weighted by molar-refractivity contribution is 6.31. The minimum atomic E-state index is -3.18. The number of hydrogen-bond donors (Lipinski definition) is 4. The zero-order valence-corrected chi connectivity index (χ0v) is 39.3. The van der Waals surface area contributed by atoms with E-state index in [0.29, 0.717) is 65.0 Å². The standard InChI is InChI=1S/C50H59F2N9O10/c51-50(52)24-37(25-53)61(32-50)48(65)44-22-35(47(64)58-44)23-46(63)60-29-34-7-5-6-33(42(34)30-60)26-55-27-36(59-54)28-57-45(62)12-14-67-16-18-69-20-21-70-19-17-68-15-13-56-49(66)71-31-43-40-10-3-1-8-38(40)39-9-2-4-11-41(39)43/h1-11,27,35,37,43-44H,12-24,26,28-32,54H2,(H,56,66)(H,57,62)(H,58,64)/b55-27?,59-36+/t35-,37-,44-/m0/s1. The second kappa shape index (κ2) is 25.3. The largest absolute Gasteiger partial charge is 0.449 e. The molecule has 0 radical (unpaired) electrons. The predicted molar refractivity (Wildman–Crippen MR) is 254 cm³/mol. The van der Waals surface area contributed by atoms with Crippen molar-refractivity contribution in [2.45, 2.75) is 69.2 Å². The summed E-state index contributed by atoms with van der Waals surface area (Å²) in [6.07, 6.45) is 0.135. The van der Waals surface area contributed by atoms with E-state index in [9.17, 15) is 38.0 Å². The number of aliphatic imine (C=N–C) groups is 1. The summed E-state index contributed by atoms with van der Waals surface area (Å²) in [5, 5.41) is 21.0. The molecule has 3 atom stereocenters. The molecule has 3 heterocycles. The minimum Gasteiger partial charge on any atom is -0.449 e. The van der Waals surface area contributed by atoms with Crippen LogP contribution in [0, 0.1) is 17.2 Å². The minimum absolute atomic E-state index is 0.00115. The molecule has 5 N–H and O–H groups in total. The number of benzene rings is 3. The predicted octanol–water partition coefficient (Wildman–Crippen LogP) is 3.18. The van der Waals surface area contributed by atoms with Crippen LogP contribution in [0.5, 0.6) is 0 Å². The van der Waals surface area contributed by atoms with Crippen LogP contribution in [0.3, 0.4) is 0 Å². The normalized spacial score (nSPS) is 19.0. The molecule has 0 spiro atoms. The molecule has 7 rings (SSSR count). The Kier molecular flexibility index (Phi) is 18.5. The lowest BCUT2D eigenvalue weighted by Crippen LogP contribution is -2.46. The van der Waals surface area contributed by atoms with Crippen LogP contribution in [0.15, 0.2) is 76.8 Å². The van der Waals surface area contributed by atoms with Gasteiger partial charge in [0.05, 0.1) is 84.3 Å². The van der Waals surface area contributed by atoms with Crippen LogP contribution in [-0.2, 0) is 62.5 Å². The molecule has 3 aromatic rings. The fourth-order valence-electron chi connectivity index (χ4n) is 9.05. The fraction of sp³-hybridized carbons (Fsp3) is 0.480. The molecule has 0 bridgehead atoms. The van der Waals surface area contributed by atoms with E-state index in [1.807, 2.05) is 42.5 Å². The van der Waals surface area contributed by atoms with Crippen molar-refractivity contribution >= 4 is 41.6 Å². The van der Waals surface area contributed by atoms with Crippen LogP contribution in [-0.4, -0.2) is 149 Å². The fourth-order valence-corrected chi connectivity index (χ4v) is 9.05. The molecule has 19 nitrogen and oxygen atoms in total. The Morgan fingerprint density at radius 3 is 2.21 bits per heavy atom. The number of carbonyl (C=O) groups is 5. The monoisotopic (exact) mass is 983 g/mol. The lowest BCUT2D eigenvalue weighted by atomic mass is 9.98. The maximum absolute atomic E-state index is 13.9. The number of rotatable bonds is 25. The van der Waals surface area contributed by atoms with E-state index in [1.54, 1.807) is 11.0 Å². The van der Waals surface area contributed by atoms with Gasteiger partial charge >= 0.3 is 6.09 Å². The first kappa shape index (κ1) is 52.0. The van der Waals surface area contributed by atoms with E-state index in [0.717, 1.165) is 32.7 Å². The summed E-state index contributed by atoms with van der Waals surface area (Å²) >= 11 is 0. The van der Waals surface area contributed by atoms with Gasteiger partial charge in [-0.1, -0.05) is 66.7 Å². The maximum Gasteiger partial charge on any atom is 0.407 e. The number of likely N-dealkylation sites (tertiary alicyclic amines) is 1. The number of nitriles is 1. The van der Waals surface area contributed by atoms with Crippen molar-refractivity contribution < 1.29 is 56.4 Å². The van der Waals surface area contributed by atoms with Crippen LogP contribution in [0.25, 0.3) is 11.1 Å². The summed E-state index contributed by atoms with van der Waals surface area (Å²) in [5.74, 6) is -0.265. The molecule has 0 saturated carbocycles. The van der Waals surface area contributed by atoms with E-state index >= 15 is 0 Å². The number of fused-ring (bicyclic) bond motifs is 4. The molecular weight excluding hydrogens is 925 g/mol. The van der Waals surface area contributed by atoms with Gasteiger partial charge in [-0.05, 0) is 45.4 Å². The number of hydrogen-bond acceptors (Lipinski definition) is 14. The van der Waals surface area contributed by atoms with E-state index in [1.165, 1.54) is 17.3 Å². The average molecular weight is 984 g/mol. The molecule has 2 saturated heterocycles. The molecule has 5 amide bonds. The highest BCUT2D eigenvalue weighted by Gasteiger charge is 2.50. The number of nitrogens with two attached hydrogens (primary N) is 1. The Morgan fingerprint density at radius 2 is 1.54 bits per heavy atom. The van der Waals surface area contributed by atoms with Crippen molar-refractivity contribution in [2.75, 3.05) is 79.1 Å². The molecule has 1 aliphatic carbocycles. The van der Waals surface area contributed by atoms with Crippen LogP contribution in [0.4, 0.5) is 13.6 Å². The SMILES string of the molecule is N#C[C@@H]1CC(F)(F)CN1C(=O)[C@@H]1C[C@@H](CC(=O)N2Cc3cccc(CN=C/C(CNC(=O)CCOCCOCCOCCOCCNC(=O)OCC4c5ccccc5-c5ccccc54)=N\N)c3C2)C(=O)N1. The zero-order valence-electron chi connectivity index (χ0n) is 39.3. The second-order valence-corrected chi connectivity index (χ2v) is 17.5. The van der Waals surface area contributed by atoms with Gasteiger partial charge in [-0.25, -0.2) is 13.6 Å². The number of ether oxygens (including phenoxy) is 5. The first-order valence-corrected chi connectivity index (χ1v) is 23.6. The number of alkyl carbamates (subject to hydrolysis) is 1. The van der Waals surface area contributed by atoms with Crippen LogP contribution in [0.2, 0.25) is 0 Å². The Hall–Kier alpha value is -6.86. The highest BCUT2D eigenvalue weighted by Crippen LogP contribution is 2.44. The third-order valence-electron chi connectivity index (χ3n) is 12.6. The number of hydrazone groups is 1. The first-order valence-electron chi connectivity index (χ1n) is 23.6. The summed E-state index contributed by atoms with van der Waals surface area (Å²) in [6, 6.07) is 21.4. The lowest BCUT2D eigenvalue weighted by Gasteiger charge is -2.22. The number of alkyl halides is 2. The molecule has 21 heteroatoms. The maximum atomic E-state index is 13.9. The van der Waals surface area contributed by atoms with Crippen molar-refractivity contribution in [3.63, 3.8) is 0 Å². The van der Waals surface area contributed by atoms with Crippen molar-refractivity contribution in [1.29, 1.82) is 5.26 Å². The lowest BCUT2D eigenvalue weighted by molar-refractivity contribution is -0.135. The zero-order chi connectivity index (χ0) is 50.2. The molecule has 4 aliphatic rings. The third kappa shape index (κ3) is 14.2. The number of nitrogens with one attached hydrogen (secondary N) is 3. The molecule has 71 heavy (non-hydrogen) atoms. The van der Waals surface area contributed by atoms with Crippen molar-refractivity contribution in [3.8, 4) is 17.2 Å². The molecule has 378 valence electrons. The summed E-state index contributed by atoms with van der Waals surface area (Å²) in [4.78, 5) is 70.7. The van der Waals surface area contributed by atoms with Gasteiger partial charge in [-0.2, -0.15) is 10.4 Å². The van der Waals surface area contributed by atoms with Gasteiger partial charge in [-0.15, -0.1) is 0 Å². The van der Waals surface area contributed by atoms with Crippen molar-refractivity contribution in [3.05, 3.63) is 94.5 Å². The van der Waals surface area contributed by atoms with Gasteiger partial charge < -0.3 is 55.3 Å². The molecule has 0 aromatic heterocycles. The first-order chi connectivity index (χ1) is 34.4. The number of halogens is 2. The van der Waals surface area contributed by atoms with Gasteiger partial charge in [0, 0.05) is 56.9 Å².